The maximum absolute atomic E-state index is 12.0. The molecular formula is C12H21N3OS. The van der Waals surface area contributed by atoms with Gasteiger partial charge in [-0.15, -0.1) is 0 Å². The Morgan fingerprint density at radius 3 is 2.65 bits per heavy atom. The molecule has 17 heavy (non-hydrogen) atoms. The van der Waals surface area contributed by atoms with Gasteiger partial charge in [-0.2, -0.15) is 0 Å². The molecule has 4 nitrogen and oxygen atoms in total. The van der Waals surface area contributed by atoms with E-state index >= 15 is 0 Å². The van der Waals surface area contributed by atoms with E-state index in [0.717, 1.165) is 24.6 Å². The minimum atomic E-state index is -0.00255. The van der Waals surface area contributed by atoms with E-state index in [2.05, 4.69) is 17.2 Å². The first-order chi connectivity index (χ1) is 8.22. The molecule has 1 aliphatic heterocycles. The molecule has 1 fully saturated rings. The predicted octanol–water partition coefficient (Wildman–Crippen LogP) is 2.45. The average molecular weight is 255 g/mol. The second kappa shape index (κ2) is 5.76. The molecule has 1 saturated carbocycles. The van der Waals surface area contributed by atoms with Gasteiger partial charge >= 0.3 is 6.03 Å². The summed E-state index contributed by atoms with van der Waals surface area (Å²) in [4.78, 5) is 18.4. The van der Waals surface area contributed by atoms with Gasteiger partial charge in [0.15, 0.2) is 5.17 Å². The first-order valence-electron chi connectivity index (χ1n) is 6.44. The minimum Gasteiger partial charge on any atom is -0.341 e. The number of nitrogens with zero attached hydrogens (tertiary/aromatic N) is 2. The zero-order valence-electron chi connectivity index (χ0n) is 10.6. The summed E-state index contributed by atoms with van der Waals surface area (Å²) in [6.45, 7) is 2.99. The van der Waals surface area contributed by atoms with Crippen molar-refractivity contribution in [2.75, 3.05) is 13.6 Å². The molecule has 0 bridgehead atoms. The lowest BCUT2D eigenvalue weighted by Crippen LogP contribution is -2.48. The number of aliphatic imine (C=N–C) groups is 1. The molecule has 1 unspecified atom stereocenters. The standard InChI is InChI=1S/C12H21N3OS/c1-9-8-14-12(17-9)15(11(16)13-2)10-6-4-3-5-7-10/h9-10H,3-8H2,1-2H3,(H,13,16). The summed E-state index contributed by atoms with van der Waals surface area (Å²) in [7, 11) is 1.70. The van der Waals surface area contributed by atoms with Gasteiger partial charge < -0.3 is 5.32 Å². The molecule has 2 aliphatic rings. The Hall–Kier alpha value is -0.710. The van der Waals surface area contributed by atoms with Crippen LogP contribution in [0.4, 0.5) is 4.79 Å². The van der Waals surface area contributed by atoms with Crippen molar-refractivity contribution in [3.8, 4) is 0 Å². The molecule has 0 aromatic heterocycles. The highest BCUT2D eigenvalue weighted by Crippen LogP contribution is 2.29. The quantitative estimate of drug-likeness (QED) is 0.782. The molecule has 0 radical (unpaired) electrons. The van der Waals surface area contributed by atoms with Gasteiger partial charge in [0.2, 0.25) is 0 Å². The monoisotopic (exact) mass is 255 g/mol. The number of carbonyl (C=O) groups is 1. The Bertz CT molecular complexity index is 313. The molecule has 1 atom stereocenters. The average Bonchev–Trinajstić information content (AvgIpc) is 2.77. The van der Waals surface area contributed by atoms with Crippen molar-refractivity contribution < 1.29 is 4.79 Å². The predicted molar refractivity (Wildman–Crippen MR) is 72.5 cm³/mol. The van der Waals surface area contributed by atoms with Crippen LogP contribution in [0.2, 0.25) is 0 Å². The molecule has 0 spiro atoms. The first kappa shape index (κ1) is 12.7. The van der Waals surface area contributed by atoms with E-state index in [9.17, 15) is 4.79 Å². The molecule has 0 aromatic rings. The number of hydrogen-bond donors (Lipinski definition) is 1. The van der Waals surface area contributed by atoms with Gasteiger partial charge in [0.25, 0.3) is 0 Å². The Morgan fingerprint density at radius 2 is 2.12 bits per heavy atom. The van der Waals surface area contributed by atoms with Crippen LogP contribution >= 0.6 is 11.8 Å². The van der Waals surface area contributed by atoms with Gasteiger partial charge in [-0.05, 0) is 12.8 Å². The number of thioether (sulfide) groups is 1. The Labute approximate surface area is 107 Å². The van der Waals surface area contributed by atoms with Gasteiger partial charge in [0.1, 0.15) is 0 Å². The van der Waals surface area contributed by atoms with Gasteiger partial charge in [0.05, 0.1) is 6.54 Å². The van der Waals surface area contributed by atoms with Crippen LogP contribution in [0, 0.1) is 0 Å². The highest BCUT2D eigenvalue weighted by Gasteiger charge is 2.32. The fourth-order valence-electron chi connectivity index (χ4n) is 2.46. The van der Waals surface area contributed by atoms with Crippen LogP contribution in [0.25, 0.3) is 0 Å². The first-order valence-corrected chi connectivity index (χ1v) is 7.32. The summed E-state index contributed by atoms with van der Waals surface area (Å²) in [5.41, 5.74) is 0. The van der Waals surface area contributed by atoms with Gasteiger partial charge in [-0.1, -0.05) is 37.9 Å². The number of rotatable bonds is 1. The lowest BCUT2D eigenvalue weighted by Gasteiger charge is -2.33. The smallest absolute Gasteiger partial charge is 0.323 e. The van der Waals surface area contributed by atoms with E-state index in [4.69, 9.17) is 0 Å². The molecule has 1 heterocycles. The fraction of sp³-hybridized carbons (Fsp3) is 0.833. The summed E-state index contributed by atoms with van der Waals surface area (Å²) < 4.78 is 0. The van der Waals surface area contributed by atoms with Crippen molar-refractivity contribution in [3.63, 3.8) is 0 Å². The number of nitrogens with one attached hydrogen (secondary N) is 1. The third kappa shape index (κ3) is 2.94. The number of carbonyl (C=O) groups excluding carboxylic acids is 1. The Balaban J connectivity index is 2.10. The molecule has 2 amide bonds. The van der Waals surface area contributed by atoms with E-state index < -0.39 is 0 Å². The van der Waals surface area contributed by atoms with Crippen molar-refractivity contribution in [1.29, 1.82) is 0 Å². The van der Waals surface area contributed by atoms with E-state index in [1.807, 2.05) is 4.90 Å². The molecule has 1 N–H and O–H groups in total. The van der Waals surface area contributed by atoms with E-state index in [1.165, 1.54) is 19.3 Å². The molecule has 2 rings (SSSR count). The van der Waals surface area contributed by atoms with Crippen LogP contribution in [0.3, 0.4) is 0 Å². The normalized spacial score (nSPS) is 25.5. The number of amidine groups is 1. The zero-order chi connectivity index (χ0) is 12.3. The topological polar surface area (TPSA) is 44.7 Å². The number of urea groups is 1. The van der Waals surface area contributed by atoms with Crippen LogP contribution in [-0.2, 0) is 0 Å². The van der Waals surface area contributed by atoms with Gasteiger partial charge in [-0.3, -0.25) is 9.89 Å². The highest BCUT2D eigenvalue weighted by molar-refractivity contribution is 8.14. The molecule has 1 aliphatic carbocycles. The maximum atomic E-state index is 12.0. The number of amides is 2. The van der Waals surface area contributed by atoms with Crippen molar-refractivity contribution in [2.24, 2.45) is 4.99 Å². The van der Waals surface area contributed by atoms with E-state index in [1.54, 1.807) is 18.8 Å². The molecular weight excluding hydrogens is 234 g/mol. The van der Waals surface area contributed by atoms with Crippen LogP contribution in [0.5, 0.6) is 0 Å². The third-order valence-electron chi connectivity index (χ3n) is 3.37. The second-order valence-electron chi connectivity index (χ2n) is 4.77. The van der Waals surface area contributed by atoms with E-state index in [0.29, 0.717) is 11.3 Å². The van der Waals surface area contributed by atoms with Crippen molar-refractivity contribution in [3.05, 3.63) is 0 Å². The van der Waals surface area contributed by atoms with Crippen LogP contribution in [-0.4, -0.2) is 41.0 Å². The van der Waals surface area contributed by atoms with Crippen LogP contribution < -0.4 is 5.32 Å². The molecule has 0 aromatic carbocycles. The Kier molecular flexibility index (Phi) is 4.31. The van der Waals surface area contributed by atoms with Crippen molar-refractivity contribution in [2.45, 2.75) is 50.3 Å². The van der Waals surface area contributed by atoms with Crippen molar-refractivity contribution >= 4 is 23.0 Å². The zero-order valence-corrected chi connectivity index (χ0v) is 11.4. The van der Waals surface area contributed by atoms with Crippen LogP contribution in [0.15, 0.2) is 4.99 Å². The summed E-state index contributed by atoms with van der Waals surface area (Å²) in [6.07, 6.45) is 5.98. The molecule has 96 valence electrons. The lowest BCUT2D eigenvalue weighted by atomic mass is 9.94. The lowest BCUT2D eigenvalue weighted by molar-refractivity contribution is 0.199. The largest absolute Gasteiger partial charge is 0.341 e. The maximum Gasteiger partial charge on any atom is 0.323 e. The van der Waals surface area contributed by atoms with Crippen molar-refractivity contribution in [1.82, 2.24) is 10.2 Å². The van der Waals surface area contributed by atoms with Crippen LogP contribution in [0.1, 0.15) is 39.0 Å². The van der Waals surface area contributed by atoms with Gasteiger partial charge in [-0.25, -0.2) is 4.79 Å². The summed E-state index contributed by atoms with van der Waals surface area (Å²) >= 11 is 1.73. The third-order valence-corrected chi connectivity index (χ3v) is 4.46. The molecule has 5 heteroatoms. The molecule has 0 saturated heterocycles. The summed E-state index contributed by atoms with van der Waals surface area (Å²) in [5.74, 6) is 0. The fourth-order valence-corrected chi connectivity index (χ4v) is 3.47. The minimum absolute atomic E-state index is 0.00255. The number of hydrogen-bond acceptors (Lipinski definition) is 3. The SMILES string of the molecule is CNC(=O)N(C1=NCC(C)S1)C1CCCCC1. The highest BCUT2D eigenvalue weighted by atomic mass is 32.2. The van der Waals surface area contributed by atoms with Gasteiger partial charge in [0, 0.05) is 18.3 Å². The second-order valence-corrected chi connectivity index (χ2v) is 6.17. The van der Waals surface area contributed by atoms with E-state index in [-0.39, 0.29) is 6.03 Å². The summed E-state index contributed by atoms with van der Waals surface area (Å²) in [5, 5.41) is 4.17. The summed E-state index contributed by atoms with van der Waals surface area (Å²) in [6, 6.07) is 0.345. The Morgan fingerprint density at radius 1 is 1.41 bits per heavy atom.